The quantitative estimate of drug-likeness (QED) is 0.715. The largest absolute Gasteiger partial charge is 0.354 e. The molecule has 1 saturated heterocycles. The molecule has 2 aromatic rings. The predicted octanol–water partition coefficient (Wildman–Crippen LogP) is 4.72. The van der Waals surface area contributed by atoms with Gasteiger partial charge in [-0.25, -0.2) is 0 Å². The Balaban J connectivity index is 1.39. The summed E-state index contributed by atoms with van der Waals surface area (Å²) in [4.78, 5) is 26.9. The van der Waals surface area contributed by atoms with Crippen molar-refractivity contribution in [3.8, 4) is 0 Å². The molecule has 0 radical (unpaired) electrons. The summed E-state index contributed by atoms with van der Waals surface area (Å²) in [6.45, 7) is 3.41. The van der Waals surface area contributed by atoms with Crippen LogP contribution in [-0.2, 0) is 11.2 Å². The molecule has 1 N–H and O–H groups in total. The first kappa shape index (κ1) is 21.4. The van der Waals surface area contributed by atoms with E-state index in [-0.39, 0.29) is 17.9 Å². The highest BCUT2D eigenvalue weighted by molar-refractivity contribution is 6.33. The van der Waals surface area contributed by atoms with Gasteiger partial charge in [0, 0.05) is 25.6 Å². The molecule has 2 aromatic carbocycles. The third-order valence-electron chi connectivity index (χ3n) is 5.60. The fourth-order valence-corrected chi connectivity index (χ4v) is 4.06. The van der Waals surface area contributed by atoms with Crippen molar-refractivity contribution in [3.05, 3.63) is 70.7 Å². The second kappa shape index (κ2) is 10.4. The van der Waals surface area contributed by atoms with Gasteiger partial charge in [0.25, 0.3) is 5.91 Å². The number of piperidine rings is 1. The Labute approximate surface area is 178 Å². The van der Waals surface area contributed by atoms with E-state index in [1.807, 2.05) is 35.2 Å². The molecule has 2 amide bonds. The third kappa shape index (κ3) is 6.33. The molecule has 29 heavy (non-hydrogen) atoms. The SMILES string of the molecule is C[C@@H](CCc1ccccc1)NC(=O)CC1CCN(C(=O)c2ccccc2Cl)CC1. The molecule has 0 aromatic heterocycles. The van der Waals surface area contributed by atoms with Crippen LogP contribution in [0.2, 0.25) is 5.02 Å². The van der Waals surface area contributed by atoms with E-state index < -0.39 is 0 Å². The van der Waals surface area contributed by atoms with Crippen LogP contribution in [0.1, 0.15) is 48.5 Å². The number of nitrogens with zero attached hydrogens (tertiary/aromatic N) is 1. The molecular weight excluding hydrogens is 384 g/mol. The van der Waals surface area contributed by atoms with E-state index in [9.17, 15) is 9.59 Å². The first-order valence-electron chi connectivity index (χ1n) is 10.4. The Morgan fingerprint density at radius 2 is 1.72 bits per heavy atom. The zero-order valence-electron chi connectivity index (χ0n) is 16.9. The van der Waals surface area contributed by atoms with Crippen LogP contribution >= 0.6 is 11.6 Å². The third-order valence-corrected chi connectivity index (χ3v) is 5.93. The molecule has 1 heterocycles. The lowest BCUT2D eigenvalue weighted by Gasteiger charge is -2.32. The lowest BCUT2D eigenvalue weighted by atomic mass is 9.92. The van der Waals surface area contributed by atoms with Crippen molar-refractivity contribution in [2.24, 2.45) is 5.92 Å². The molecule has 0 unspecified atom stereocenters. The van der Waals surface area contributed by atoms with Gasteiger partial charge >= 0.3 is 0 Å². The van der Waals surface area contributed by atoms with Crippen molar-refractivity contribution in [2.45, 2.75) is 45.1 Å². The Morgan fingerprint density at radius 3 is 2.41 bits per heavy atom. The average molecular weight is 413 g/mol. The maximum Gasteiger partial charge on any atom is 0.255 e. The molecule has 4 nitrogen and oxygen atoms in total. The fraction of sp³-hybridized carbons (Fsp3) is 0.417. The van der Waals surface area contributed by atoms with Gasteiger partial charge in [0.15, 0.2) is 0 Å². The topological polar surface area (TPSA) is 49.4 Å². The standard InChI is InChI=1S/C24H29ClN2O2/c1-18(11-12-19-7-3-2-4-8-19)26-23(28)17-20-13-15-27(16-14-20)24(29)21-9-5-6-10-22(21)25/h2-10,18,20H,11-17H2,1H3,(H,26,28)/t18-/m0/s1. The van der Waals surface area contributed by atoms with E-state index in [1.165, 1.54) is 5.56 Å². The number of hydrogen-bond acceptors (Lipinski definition) is 2. The molecule has 154 valence electrons. The van der Waals surface area contributed by atoms with Gasteiger partial charge in [0.1, 0.15) is 0 Å². The summed E-state index contributed by atoms with van der Waals surface area (Å²) in [7, 11) is 0. The molecule has 0 saturated carbocycles. The van der Waals surface area contributed by atoms with E-state index in [1.54, 1.807) is 12.1 Å². The highest BCUT2D eigenvalue weighted by Gasteiger charge is 2.26. The summed E-state index contributed by atoms with van der Waals surface area (Å²) in [5, 5.41) is 3.62. The lowest BCUT2D eigenvalue weighted by Crippen LogP contribution is -2.40. The van der Waals surface area contributed by atoms with Gasteiger partial charge in [0.2, 0.25) is 5.91 Å². The molecule has 1 aliphatic heterocycles. The van der Waals surface area contributed by atoms with E-state index in [2.05, 4.69) is 24.4 Å². The van der Waals surface area contributed by atoms with Crippen LogP contribution in [0, 0.1) is 5.92 Å². The summed E-state index contributed by atoms with van der Waals surface area (Å²) in [6, 6.07) is 17.7. The zero-order chi connectivity index (χ0) is 20.6. The van der Waals surface area contributed by atoms with E-state index in [4.69, 9.17) is 11.6 Å². The van der Waals surface area contributed by atoms with Crippen molar-refractivity contribution < 1.29 is 9.59 Å². The molecule has 0 bridgehead atoms. The molecule has 3 rings (SSSR count). The zero-order valence-corrected chi connectivity index (χ0v) is 17.7. The Bertz CT molecular complexity index is 817. The Kier molecular flexibility index (Phi) is 7.70. The number of nitrogens with one attached hydrogen (secondary N) is 1. The van der Waals surface area contributed by atoms with Crippen molar-refractivity contribution in [3.63, 3.8) is 0 Å². The van der Waals surface area contributed by atoms with Crippen molar-refractivity contribution in [1.82, 2.24) is 10.2 Å². The average Bonchev–Trinajstić information content (AvgIpc) is 2.73. The van der Waals surface area contributed by atoms with Crippen LogP contribution in [0.25, 0.3) is 0 Å². The minimum Gasteiger partial charge on any atom is -0.354 e. The molecule has 0 aliphatic carbocycles. The fourth-order valence-electron chi connectivity index (χ4n) is 3.84. The highest BCUT2D eigenvalue weighted by Crippen LogP contribution is 2.24. The van der Waals surface area contributed by atoms with Crippen LogP contribution in [-0.4, -0.2) is 35.8 Å². The number of likely N-dealkylation sites (tertiary alicyclic amines) is 1. The van der Waals surface area contributed by atoms with Crippen LogP contribution in [0.4, 0.5) is 0 Å². The number of aryl methyl sites for hydroxylation is 1. The Hall–Kier alpha value is -2.33. The normalized spacial score (nSPS) is 15.7. The summed E-state index contributed by atoms with van der Waals surface area (Å²) in [5.74, 6) is 0.418. The first-order valence-corrected chi connectivity index (χ1v) is 10.8. The van der Waals surface area contributed by atoms with Gasteiger partial charge in [-0.05, 0) is 56.2 Å². The van der Waals surface area contributed by atoms with Crippen molar-refractivity contribution in [2.75, 3.05) is 13.1 Å². The number of halogens is 1. The number of rotatable bonds is 7. The van der Waals surface area contributed by atoms with Gasteiger partial charge < -0.3 is 10.2 Å². The van der Waals surface area contributed by atoms with Gasteiger partial charge in [-0.15, -0.1) is 0 Å². The molecular formula is C24H29ClN2O2. The number of carbonyl (C=O) groups excluding carboxylic acids is 2. The number of amides is 2. The van der Waals surface area contributed by atoms with Crippen molar-refractivity contribution in [1.29, 1.82) is 0 Å². The number of carbonyl (C=O) groups is 2. The first-order chi connectivity index (χ1) is 14.0. The monoisotopic (exact) mass is 412 g/mol. The van der Waals surface area contributed by atoms with Crippen LogP contribution < -0.4 is 5.32 Å². The van der Waals surface area contributed by atoms with E-state index in [0.29, 0.717) is 36.0 Å². The Morgan fingerprint density at radius 1 is 1.07 bits per heavy atom. The van der Waals surface area contributed by atoms with E-state index >= 15 is 0 Å². The van der Waals surface area contributed by atoms with Gasteiger partial charge in [-0.2, -0.15) is 0 Å². The van der Waals surface area contributed by atoms with Gasteiger partial charge in [0.05, 0.1) is 10.6 Å². The van der Waals surface area contributed by atoms with Crippen LogP contribution in [0.3, 0.4) is 0 Å². The number of benzene rings is 2. The predicted molar refractivity (Wildman–Crippen MR) is 117 cm³/mol. The summed E-state index contributed by atoms with van der Waals surface area (Å²) in [5.41, 5.74) is 1.85. The van der Waals surface area contributed by atoms with Gasteiger partial charge in [-0.1, -0.05) is 54.1 Å². The summed E-state index contributed by atoms with van der Waals surface area (Å²) >= 11 is 6.15. The van der Waals surface area contributed by atoms with Gasteiger partial charge in [-0.3, -0.25) is 9.59 Å². The van der Waals surface area contributed by atoms with Crippen molar-refractivity contribution >= 4 is 23.4 Å². The molecule has 1 atom stereocenters. The summed E-state index contributed by atoms with van der Waals surface area (Å²) in [6.07, 6.45) is 4.12. The highest BCUT2D eigenvalue weighted by atomic mass is 35.5. The lowest BCUT2D eigenvalue weighted by molar-refractivity contribution is -0.122. The van der Waals surface area contributed by atoms with E-state index in [0.717, 1.165) is 25.7 Å². The minimum atomic E-state index is -0.0203. The molecule has 1 aliphatic rings. The molecule has 5 heteroatoms. The second-order valence-electron chi connectivity index (χ2n) is 7.91. The minimum absolute atomic E-state index is 0.0203. The second-order valence-corrected chi connectivity index (χ2v) is 8.32. The number of hydrogen-bond donors (Lipinski definition) is 1. The van der Waals surface area contributed by atoms with Crippen LogP contribution in [0.15, 0.2) is 54.6 Å². The molecule has 0 spiro atoms. The van der Waals surface area contributed by atoms with Crippen LogP contribution in [0.5, 0.6) is 0 Å². The maximum atomic E-state index is 12.6. The summed E-state index contributed by atoms with van der Waals surface area (Å²) < 4.78 is 0. The maximum absolute atomic E-state index is 12.6. The molecule has 1 fully saturated rings. The smallest absolute Gasteiger partial charge is 0.255 e.